The molecule has 0 aliphatic carbocycles. The van der Waals surface area contributed by atoms with Gasteiger partial charge in [-0.2, -0.15) is 0 Å². The zero-order valence-corrected chi connectivity index (χ0v) is 9.77. The molecule has 1 aromatic carbocycles. The Bertz CT molecular complexity index is 504. The molecule has 0 saturated heterocycles. The summed E-state index contributed by atoms with van der Waals surface area (Å²) in [6.07, 6.45) is 1.33. The molecule has 16 heavy (non-hydrogen) atoms. The van der Waals surface area contributed by atoms with Crippen LogP contribution in [0.3, 0.4) is 0 Å². The third-order valence-corrected chi connectivity index (χ3v) is 2.51. The maximum Gasteiger partial charge on any atom is 0.312 e. The number of carboxylic acids is 1. The highest BCUT2D eigenvalue weighted by Crippen LogP contribution is 2.22. The van der Waals surface area contributed by atoms with Gasteiger partial charge in [-0.25, -0.2) is 4.98 Å². The smallest absolute Gasteiger partial charge is 0.312 e. The molecule has 2 rings (SSSR count). The molecule has 0 amide bonds. The monoisotopic (exact) mass is 281 g/mol. The summed E-state index contributed by atoms with van der Waals surface area (Å²) in [4.78, 5) is 14.3. The largest absolute Gasteiger partial charge is 0.481 e. The number of carbonyl (C=O) groups is 1. The highest BCUT2D eigenvalue weighted by molar-refractivity contribution is 9.10. The standard InChI is InChI=1S/C11H8BrNO3/c12-8-3-1-7(2-4-8)9-6-13-10(16-9)5-11(14)15/h1-4,6H,5H2,(H,14,15). The number of halogens is 1. The van der Waals surface area contributed by atoms with Gasteiger partial charge in [0.2, 0.25) is 5.89 Å². The van der Waals surface area contributed by atoms with Crippen LogP contribution in [0.2, 0.25) is 0 Å². The van der Waals surface area contributed by atoms with Crippen molar-refractivity contribution in [3.8, 4) is 11.3 Å². The first-order valence-electron chi connectivity index (χ1n) is 4.57. The lowest BCUT2D eigenvalue weighted by atomic mass is 10.2. The van der Waals surface area contributed by atoms with Gasteiger partial charge in [-0.3, -0.25) is 4.79 Å². The second kappa shape index (κ2) is 4.49. The van der Waals surface area contributed by atoms with Crippen LogP contribution in [-0.2, 0) is 11.2 Å². The Kier molecular flexibility index (Phi) is 3.05. The van der Waals surface area contributed by atoms with E-state index in [1.54, 1.807) is 0 Å². The second-order valence-electron chi connectivity index (χ2n) is 3.20. The van der Waals surface area contributed by atoms with Crippen molar-refractivity contribution in [1.29, 1.82) is 0 Å². The molecule has 0 spiro atoms. The molecule has 0 unspecified atom stereocenters. The zero-order valence-electron chi connectivity index (χ0n) is 8.18. The van der Waals surface area contributed by atoms with E-state index in [0.717, 1.165) is 10.0 Å². The summed E-state index contributed by atoms with van der Waals surface area (Å²) in [7, 11) is 0. The molecule has 0 fully saturated rings. The lowest BCUT2D eigenvalue weighted by molar-refractivity contribution is -0.136. The van der Waals surface area contributed by atoms with E-state index in [4.69, 9.17) is 9.52 Å². The molecule has 2 aromatic rings. The van der Waals surface area contributed by atoms with Crippen molar-refractivity contribution < 1.29 is 14.3 Å². The summed E-state index contributed by atoms with van der Waals surface area (Å²) in [6.45, 7) is 0. The molecule has 0 saturated carbocycles. The van der Waals surface area contributed by atoms with Crippen LogP contribution in [0, 0.1) is 0 Å². The van der Waals surface area contributed by atoms with Crippen LogP contribution >= 0.6 is 15.9 Å². The summed E-state index contributed by atoms with van der Waals surface area (Å²) in [5.74, 6) is -0.168. The van der Waals surface area contributed by atoms with Gasteiger partial charge in [0, 0.05) is 10.0 Å². The quantitative estimate of drug-likeness (QED) is 0.940. The molecular weight excluding hydrogens is 274 g/mol. The number of carboxylic acid groups (broad SMARTS) is 1. The number of rotatable bonds is 3. The third-order valence-electron chi connectivity index (χ3n) is 1.98. The highest BCUT2D eigenvalue weighted by atomic mass is 79.9. The third kappa shape index (κ3) is 2.49. The number of benzene rings is 1. The van der Waals surface area contributed by atoms with E-state index in [1.165, 1.54) is 6.20 Å². The predicted molar refractivity (Wildman–Crippen MR) is 61.0 cm³/mol. The van der Waals surface area contributed by atoms with Crippen LogP contribution in [0.1, 0.15) is 5.89 Å². The summed E-state index contributed by atoms with van der Waals surface area (Å²) >= 11 is 3.33. The molecule has 82 valence electrons. The maximum atomic E-state index is 10.5. The van der Waals surface area contributed by atoms with Crippen molar-refractivity contribution >= 4 is 21.9 Å². The minimum Gasteiger partial charge on any atom is -0.481 e. The van der Waals surface area contributed by atoms with Gasteiger partial charge in [-0.05, 0) is 12.1 Å². The molecule has 0 radical (unpaired) electrons. The fourth-order valence-corrected chi connectivity index (χ4v) is 1.53. The minimum atomic E-state index is -0.954. The van der Waals surface area contributed by atoms with Crippen LogP contribution in [0.15, 0.2) is 39.4 Å². The van der Waals surface area contributed by atoms with E-state index in [0.29, 0.717) is 5.76 Å². The molecular formula is C11H8BrNO3. The molecule has 0 bridgehead atoms. The van der Waals surface area contributed by atoms with Crippen LogP contribution in [0.25, 0.3) is 11.3 Å². The Balaban J connectivity index is 2.24. The topological polar surface area (TPSA) is 63.3 Å². The van der Waals surface area contributed by atoms with Gasteiger partial charge in [0.1, 0.15) is 6.42 Å². The summed E-state index contributed by atoms with van der Waals surface area (Å²) in [6, 6.07) is 7.51. The van der Waals surface area contributed by atoms with Crippen molar-refractivity contribution in [2.75, 3.05) is 0 Å². The summed E-state index contributed by atoms with van der Waals surface area (Å²) < 4.78 is 6.29. The van der Waals surface area contributed by atoms with E-state index >= 15 is 0 Å². The molecule has 4 nitrogen and oxygen atoms in total. The second-order valence-corrected chi connectivity index (χ2v) is 4.11. The number of nitrogens with zero attached hydrogens (tertiary/aromatic N) is 1. The number of oxazole rings is 1. The first-order chi connectivity index (χ1) is 7.65. The molecule has 5 heteroatoms. The number of hydrogen-bond donors (Lipinski definition) is 1. The lowest BCUT2D eigenvalue weighted by Gasteiger charge is -1.95. The lowest BCUT2D eigenvalue weighted by Crippen LogP contribution is -1.99. The van der Waals surface area contributed by atoms with Crippen molar-refractivity contribution in [2.45, 2.75) is 6.42 Å². The van der Waals surface area contributed by atoms with Gasteiger partial charge < -0.3 is 9.52 Å². The maximum absolute atomic E-state index is 10.5. The first kappa shape index (κ1) is 10.9. The fraction of sp³-hybridized carbons (Fsp3) is 0.0909. The van der Waals surface area contributed by atoms with Crippen LogP contribution in [-0.4, -0.2) is 16.1 Å². The van der Waals surface area contributed by atoms with Gasteiger partial charge in [-0.1, -0.05) is 28.1 Å². The van der Waals surface area contributed by atoms with Gasteiger partial charge in [0.25, 0.3) is 0 Å². The molecule has 1 aromatic heterocycles. The van der Waals surface area contributed by atoms with Crippen molar-refractivity contribution in [2.24, 2.45) is 0 Å². The molecule has 0 atom stereocenters. The van der Waals surface area contributed by atoms with Crippen molar-refractivity contribution in [1.82, 2.24) is 4.98 Å². The normalized spacial score (nSPS) is 10.3. The summed E-state index contributed by atoms with van der Waals surface area (Å²) in [5.41, 5.74) is 0.868. The molecule has 1 N–H and O–H groups in total. The summed E-state index contributed by atoms with van der Waals surface area (Å²) in [5, 5.41) is 8.58. The highest BCUT2D eigenvalue weighted by Gasteiger charge is 2.09. The van der Waals surface area contributed by atoms with Crippen LogP contribution < -0.4 is 0 Å². The SMILES string of the molecule is O=C(O)Cc1ncc(-c2ccc(Br)cc2)o1. The zero-order chi connectivity index (χ0) is 11.5. The Morgan fingerprint density at radius 2 is 2.06 bits per heavy atom. The van der Waals surface area contributed by atoms with Gasteiger partial charge in [-0.15, -0.1) is 0 Å². The minimum absolute atomic E-state index is 0.198. The fourth-order valence-electron chi connectivity index (χ4n) is 1.27. The van der Waals surface area contributed by atoms with E-state index in [1.807, 2.05) is 24.3 Å². The first-order valence-corrected chi connectivity index (χ1v) is 5.37. The number of aliphatic carboxylic acids is 1. The average Bonchev–Trinajstić information content (AvgIpc) is 2.66. The van der Waals surface area contributed by atoms with Crippen LogP contribution in [0.5, 0.6) is 0 Å². The van der Waals surface area contributed by atoms with Gasteiger partial charge in [0.15, 0.2) is 5.76 Å². The predicted octanol–water partition coefficient (Wildman–Crippen LogP) is 2.73. The molecule has 0 aliphatic heterocycles. The van der Waals surface area contributed by atoms with Gasteiger partial charge >= 0.3 is 5.97 Å². The Morgan fingerprint density at radius 3 is 2.69 bits per heavy atom. The molecule has 0 aliphatic rings. The molecule has 1 heterocycles. The Hall–Kier alpha value is -1.62. The van der Waals surface area contributed by atoms with E-state index < -0.39 is 5.97 Å². The van der Waals surface area contributed by atoms with Crippen LogP contribution in [0.4, 0.5) is 0 Å². The average molecular weight is 282 g/mol. The Labute approximate surface area is 100 Å². The van der Waals surface area contributed by atoms with Crippen molar-refractivity contribution in [3.63, 3.8) is 0 Å². The Morgan fingerprint density at radius 1 is 1.38 bits per heavy atom. The van der Waals surface area contributed by atoms with E-state index in [9.17, 15) is 4.79 Å². The number of aromatic nitrogens is 1. The van der Waals surface area contributed by atoms with Gasteiger partial charge in [0.05, 0.1) is 6.20 Å². The number of hydrogen-bond acceptors (Lipinski definition) is 3. The van der Waals surface area contributed by atoms with Crippen molar-refractivity contribution in [3.05, 3.63) is 40.8 Å². The van der Waals surface area contributed by atoms with E-state index in [2.05, 4.69) is 20.9 Å². The van der Waals surface area contributed by atoms with E-state index in [-0.39, 0.29) is 12.3 Å².